The van der Waals surface area contributed by atoms with Crippen molar-refractivity contribution in [2.24, 2.45) is 0 Å². The summed E-state index contributed by atoms with van der Waals surface area (Å²) in [6.45, 7) is 4.56. The van der Waals surface area contributed by atoms with Crippen LogP contribution in [0.15, 0.2) is 39.2 Å². The fraction of sp³-hybridized carbons (Fsp3) is 0.333. The van der Waals surface area contributed by atoms with Crippen molar-refractivity contribution in [1.29, 1.82) is 0 Å². The number of hydrogen-bond donors (Lipinski definition) is 1. The Balaban J connectivity index is 2.23. The number of benzene rings is 1. The summed E-state index contributed by atoms with van der Waals surface area (Å²) in [5.41, 5.74) is 0.771. The van der Waals surface area contributed by atoms with E-state index in [1.165, 1.54) is 0 Å². The maximum atomic E-state index is 10.3. The molecule has 0 bridgehead atoms. The van der Waals surface area contributed by atoms with E-state index in [0.29, 0.717) is 12.4 Å². The molecule has 4 heteroatoms. The van der Waals surface area contributed by atoms with Gasteiger partial charge < -0.3 is 14.3 Å². The first-order valence-electron chi connectivity index (χ1n) is 6.34. The fourth-order valence-corrected chi connectivity index (χ4v) is 2.37. The molecule has 1 N–H and O–H groups in total. The zero-order valence-corrected chi connectivity index (χ0v) is 12.6. The Morgan fingerprint density at radius 1 is 1.26 bits per heavy atom. The molecule has 19 heavy (non-hydrogen) atoms. The lowest BCUT2D eigenvalue weighted by Crippen LogP contribution is -1.99. The predicted octanol–water partition coefficient (Wildman–Crippen LogP) is 4.08. The molecule has 0 amide bonds. The van der Waals surface area contributed by atoms with E-state index in [2.05, 4.69) is 15.9 Å². The van der Waals surface area contributed by atoms with Gasteiger partial charge in [-0.25, -0.2) is 0 Å². The number of aryl methyl sites for hydroxylation is 1. The molecule has 3 nitrogen and oxygen atoms in total. The van der Waals surface area contributed by atoms with Crippen molar-refractivity contribution in [1.82, 2.24) is 0 Å². The van der Waals surface area contributed by atoms with E-state index in [9.17, 15) is 5.11 Å². The molecule has 0 spiro atoms. The molecule has 0 aliphatic carbocycles. The van der Waals surface area contributed by atoms with Gasteiger partial charge in [-0.1, -0.05) is 13.0 Å². The van der Waals surface area contributed by atoms with Crippen LogP contribution in [-0.4, -0.2) is 11.7 Å². The van der Waals surface area contributed by atoms with E-state index in [0.717, 1.165) is 28.0 Å². The van der Waals surface area contributed by atoms with Gasteiger partial charge in [-0.2, -0.15) is 0 Å². The summed E-state index contributed by atoms with van der Waals surface area (Å²) in [5, 5.41) is 10.3. The molecule has 1 aromatic heterocycles. The maximum absolute atomic E-state index is 10.3. The van der Waals surface area contributed by atoms with Gasteiger partial charge in [0.05, 0.1) is 11.1 Å². The zero-order chi connectivity index (χ0) is 13.8. The number of furan rings is 1. The van der Waals surface area contributed by atoms with Gasteiger partial charge in [0, 0.05) is 6.42 Å². The number of rotatable bonds is 5. The van der Waals surface area contributed by atoms with E-state index in [1.54, 1.807) is 0 Å². The minimum absolute atomic E-state index is 0.563. The molecule has 1 atom stereocenters. The van der Waals surface area contributed by atoms with Gasteiger partial charge in [0.1, 0.15) is 23.4 Å². The SMILES string of the molecule is CCOc1ccc(C(O)c2ccc(CC)o2)cc1Br. The van der Waals surface area contributed by atoms with Crippen LogP contribution in [0.1, 0.15) is 37.0 Å². The average molecular weight is 325 g/mol. The van der Waals surface area contributed by atoms with Crippen molar-refractivity contribution in [3.63, 3.8) is 0 Å². The molecule has 0 aliphatic heterocycles. The standard InChI is InChI=1S/C15H17BrO3/c1-3-11-6-8-14(19-11)15(17)10-5-7-13(18-4-2)12(16)9-10/h5-9,15,17H,3-4H2,1-2H3. The molecule has 1 unspecified atom stereocenters. The van der Waals surface area contributed by atoms with Gasteiger partial charge in [0.15, 0.2) is 0 Å². The number of halogens is 1. The zero-order valence-electron chi connectivity index (χ0n) is 11.0. The Kier molecular flexibility index (Phi) is 4.66. The Morgan fingerprint density at radius 2 is 2.05 bits per heavy atom. The quantitative estimate of drug-likeness (QED) is 0.900. The second-order valence-corrected chi connectivity index (χ2v) is 5.04. The molecule has 1 heterocycles. The van der Waals surface area contributed by atoms with Crippen LogP contribution in [0.3, 0.4) is 0 Å². The lowest BCUT2D eigenvalue weighted by molar-refractivity contribution is 0.187. The van der Waals surface area contributed by atoms with Gasteiger partial charge >= 0.3 is 0 Å². The third kappa shape index (κ3) is 3.19. The highest BCUT2D eigenvalue weighted by molar-refractivity contribution is 9.10. The fourth-order valence-electron chi connectivity index (χ4n) is 1.86. The van der Waals surface area contributed by atoms with Gasteiger partial charge in [0.25, 0.3) is 0 Å². The van der Waals surface area contributed by atoms with Crippen LogP contribution in [0.2, 0.25) is 0 Å². The topological polar surface area (TPSA) is 42.6 Å². The highest BCUT2D eigenvalue weighted by atomic mass is 79.9. The summed E-state index contributed by atoms with van der Waals surface area (Å²) in [5.74, 6) is 2.21. The van der Waals surface area contributed by atoms with Crippen LogP contribution in [-0.2, 0) is 6.42 Å². The summed E-state index contributed by atoms with van der Waals surface area (Å²) in [6, 6.07) is 9.24. The van der Waals surface area contributed by atoms with Crippen LogP contribution in [0.25, 0.3) is 0 Å². The van der Waals surface area contributed by atoms with E-state index in [4.69, 9.17) is 9.15 Å². The molecule has 1 aromatic carbocycles. The van der Waals surface area contributed by atoms with Crippen LogP contribution in [0, 0.1) is 0 Å². The average Bonchev–Trinajstić information content (AvgIpc) is 2.89. The van der Waals surface area contributed by atoms with Gasteiger partial charge in [-0.15, -0.1) is 0 Å². The summed E-state index contributed by atoms with van der Waals surface area (Å²) in [7, 11) is 0. The Morgan fingerprint density at radius 3 is 2.63 bits per heavy atom. The minimum atomic E-state index is -0.757. The lowest BCUT2D eigenvalue weighted by atomic mass is 10.1. The number of aliphatic hydroxyl groups excluding tert-OH is 1. The van der Waals surface area contributed by atoms with E-state index >= 15 is 0 Å². The predicted molar refractivity (Wildman–Crippen MR) is 77.5 cm³/mol. The first-order valence-corrected chi connectivity index (χ1v) is 7.14. The van der Waals surface area contributed by atoms with E-state index in [-0.39, 0.29) is 0 Å². The summed E-state index contributed by atoms with van der Waals surface area (Å²) < 4.78 is 11.8. The molecule has 2 rings (SSSR count). The molecule has 0 aliphatic rings. The Bertz CT molecular complexity index is 548. The maximum Gasteiger partial charge on any atom is 0.137 e. The smallest absolute Gasteiger partial charge is 0.137 e. The molecule has 0 saturated heterocycles. The van der Waals surface area contributed by atoms with Crippen LogP contribution in [0.4, 0.5) is 0 Å². The molecule has 2 aromatic rings. The van der Waals surface area contributed by atoms with Gasteiger partial charge in [0.2, 0.25) is 0 Å². The minimum Gasteiger partial charge on any atom is -0.493 e. The molecule has 0 radical (unpaired) electrons. The van der Waals surface area contributed by atoms with Crippen LogP contribution < -0.4 is 4.74 Å². The van der Waals surface area contributed by atoms with Gasteiger partial charge in [-0.3, -0.25) is 0 Å². The lowest BCUT2D eigenvalue weighted by Gasteiger charge is -2.11. The van der Waals surface area contributed by atoms with Crippen molar-refractivity contribution in [2.75, 3.05) is 6.61 Å². The molecule has 0 fully saturated rings. The third-order valence-electron chi connectivity index (χ3n) is 2.87. The number of ether oxygens (including phenoxy) is 1. The van der Waals surface area contributed by atoms with Gasteiger partial charge in [-0.05, 0) is 52.7 Å². The number of aliphatic hydroxyl groups is 1. The van der Waals surface area contributed by atoms with E-state index in [1.807, 2.05) is 44.2 Å². The normalized spacial score (nSPS) is 12.4. The second-order valence-electron chi connectivity index (χ2n) is 4.18. The number of hydrogen-bond acceptors (Lipinski definition) is 3. The van der Waals surface area contributed by atoms with Crippen molar-refractivity contribution < 1.29 is 14.3 Å². The van der Waals surface area contributed by atoms with Crippen molar-refractivity contribution in [3.05, 3.63) is 51.9 Å². The molecule has 102 valence electrons. The summed E-state index contributed by atoms with van der Waals surface area (Å²) in [4.78, 5) is 0. The Labute approximate surface area is 121 Å². The first-order chi connectivity index (χ1) is 9.15. The summed E-state index contributed by atoms with van der Waals surface area (Å²) in [6.07, 6.45) is 0.0620. The highest BCUT2D eigenvalue weighted by Crippen LogP contribution is 2.31. The highest BCUT2D eigenvalue weighted by Gasteiger charge is 2.16. The van der Waals surface area contributed by atoms with Crippen LogP contribution >= 0.6 is 15.9 Å². The van der Waals surface area contributed by atoms with E-state index < -0.39 is 6.10 Å². The summed E-state index contributed by atoms with van der Waals surface area (Å²) >= 11 is 3.44. The second kappa shape index (κ2) is 6.26. The molecular weight excluding hydrogens is 308 g/mol. The third-order valence-corrected chi connectivity index (χ3v) is 3.49. The first kappa shape index (κ1) is 14.2. The van der Waals surface area contributed by atoms with Crippen LogP contribution in [0.5, 0.6) is 5.75 Å². The largest absolute Gasteiger partial charge is 0.493 e. The van der Waals surface area contributed by atoms with Crippen molar-refractivity contribution in [2.45, 2.75) is 26.4 Å². The molecular formula is C15H17BrO3. The monoisotopic (exact) mass is 324 g/mol. The Hall–Kier alpha value is -1.26. The van der Waals surface area contributed by atoms with Crippen molar-refractivity contribution >= 4 is 15.9 Å². The molecule has 0 saturated carbocycles. The van der Waals surface area contributed by atoms with Crippen molar-refractivity contribution in [3.8, 4) is 5.75 Å².